The van der Waals surface area contributed by atoms with Crippen molar-refractivity contribution in [3.05, 3.63) is 73.5 Å². The largest absolute Gasteiger partial charge is 0.518 e. The molecule has 2 aromatic carbocycles. The maximum atomic E-state index is 13.3. The van der Waals surface area contributed by atoms with Gasteiger partial charge in [-0.05, 0) is 35.4 Å². The molecule has 0 N–H and O–H groups in total. The third kappa shape index (κ3) is 5.21. The molecule has 0 fully saturated rings. The molecule has 0 atom stereocenters. The summed E-state index contributed by atoms with van der Waals surface area (Å²) in [4.78, 5) is 22.4. The predicted octanol–water partition coefficient (Wildman–Crippen LogP) is 5.12. The van der Waals surface area contributed by atoms with E-state index in [4.69, 9.17) is 4.74 Å². The van der Waals surface area contributed by atoms with Crippen LogP contribution in [0.2, 0.25) is 0 Å². The van der Waals surface area contributed by atoms with Crippen LogP contribution in [0.3, 0.4) is 0 Å². The highest BCUT2D eigenvalue weighted by Crippen LogP contribution is 2.39. The monoisotopic (exact) mass is 378 g/mol. The van der Waals surface area contributed by atoms with Crippen molar-refractivity contribution in [1.29, 1.82) is 0 Å². The van der Waals surface area contributed by atoms with Gasteiger partial charge in [-0.1, -0.05) is 31.4 Å². The third-order valence-electron chi connectivity index (χ3n) is 3.23. The highest BCUT2D eigenvalue weighted by Gasteiger charge is 2.35. The first-order valence-electron chi connectivity index (χ1n) is 7.40. The molecule has 0 radical (unpaired) electrons. The summed E-state index contributed by atoms with van der Waals surface area (Å²) in [5.41, 5.74) is -0.461. The van der Waals surface area contributed by atoms with Crippen LogP contribution in [0, 0.1) is 0 Å². The van der Waals surface area contributed by atoms with Gasteiger partial charge in [-0.2, -0.15) is 13.2 Å². The lowest BCUT2D eigenvalue weighted by atomic mass is 10.0. The number of hydrogen-bond donors (Lipinski definition) is 0. The number of alkyl halides is 3. The molecule has 0 unspecified atom stereocenters. The van der Waals surface area contributed by atoms with Crippen LogP contribution in [0.25, 0.3) is 11.1 Å². The van der Waals surface area contributed by atoms with Crippen molar-refractivity contribution >= 4 is 12.1 Å². The Balaban J connectivity index is 2.33. The summed E-state index contributed by atoms with van der Waals surface area (Å²) >= 11 is 0. The van der Waals surface area contributed by atoms with Crippen LogP contribution in [0.5, 0.6) is 11.5 Å². The molecule has 0 heterocycles. The van der Waals surface area contributed by atoms with Crippen LogP contribution >= 0.6 is 0 Å². The number of esters is 1. The zero-order valence-electron chi connectivity index (χ0n) is 13.8. The zero-order chi connectivity index (χ0) is 20.0. The Morgan fingerprint density at radius 2 is 1.56 bits per heavy atom. The molecular weight excluding hydrogens is 365 g/mol. The van der Waals surface area contributed by atoms with Gasteiger partial charge in [0.05, 0.1) is 11.8 Å². The summed E-state index contributed by atoms with van der Waals surface area (Å²) < 4.78 is 53.7. The van der Waals surface area contributed by atoms with Crippen LogP contribution in [0.4, 0.5) is 18.0 Å². The fraction of sp³-hybridized carbons (Fsp3) is 0.0526. The molecule has 5 nitrogen and oxygen atoms in total. The minimum Gasteiger partial charge on any atom is -0.423 e. The van der Waals surface area contributed by atoms with E-state index in [2.05, 4.69) is 22.6 Å². The van der Waals surface area contributed by atoms with E-state index in [0.29, 0.717) is 5.56 Å². The number of benzene rings is 2. The van der Waals surface area contributed by atoms with Crippen molar-refractivity contribution in [1.82, 2.24) is 0 Å². The van der Waals surface area contributed by atoms with E-state index in [1.165, 1.54) is 30.3 Å². The Morgan fingerprint density at radius 3 is 2.11 bits per heavy atom. The van der Waals surface area contributed by atoms with Crippen LogP contribution in [0.15, 0.2) is 68.0 Å². The normalized spacial score (nSPS) is 10.6. The third-order valence-corrected chi connectivity index (χ3v) is 3.23. The number of halogens is 3. The lowest BCUT2D eigenvalue weighted by Gasteiger charge is -2.14. The van der Waals surface area contributed by atoms with E-state index >= 15 is 0 Å². The van der Waals surface area contributed by atoms with Gasteiger partial charge in [-0.3, -0.25) is 0 Å². The molecule has 0 aromatic heterocycles. The van der Waals surface area contributed by atoms with Gasteiger partial charge in [0.15, 0.2) is 0 Å². The second kappa shape index (κ2) is 8.22. The Kier molecular flexibility index (Phi) is 6.02. The molecule has 0 spiro atoms. The quantitative estimate of drug-likeness (QED) is 0.238. The van der Waals surface area contributed by atoms with E-state index in [0.717, 1.165) is 24.5 Å². The molecule has 0 aliphatic carbocycles. The van der Waals surface area contributed by atoms with Gasteiger partial charge in [0.2, 0.25) is 0 Å². The van der Waals surface area contributed by atoms with Crippen LogP contribution in [0.1, 0.15) is 5.56 Å². The molecule has 0 aliphatic rings. The van der Waals surface area contributed by atoms with Gasteiger partial charge in [0.1, 0.15) is 11.5 Å². The first-order valence-corrected chi connectivity index (χ1v) is 7.40. The first-order chi connectivity index (χ1) is 12.7. The van der Waals surface area contributed by atoms with Crippen LogP contribution in [-0.4, -0.2) is 12.1 Å². The Bertz CT molecular complexity index is 870. The first kappa shape index (κ1) is 19.8. The van der Waals surface area contributed by atoms with Gasteiger partial charge >= 0.3 is 18.3 Å². The molecule has 140 valence electrons. The molecule has 0 saturated heterocycles. The van der Waals surface area contributed by atoms with Crippen molar-refractivity contribution in [3.8, 4) is 22.6 Å². The summed E-state index contributed by atoms with van der Waals surface area (Å²) in [6, 6.07) is 8.96. The Morgan fingerprint density at radius 1 is 0.926 bits per heavy atom. The predicted molar refractivity (Wildman–Crippen MR) is 90.0 cm³/mol. The van der Waals surface area contributed by atoms with Gasteiger partial charge in [-0.15, -0.1) is 0 Å². The second-order valence-corrected chi connectivity index (χ2v) is 4.99. The molecule has 27 heavy (non-hydrogen) atoms. The standard InChI is InChI=1S/C19H13F3O5/c1-3-17(23)27-16-10-7-13(11-15(16)19(20,21)22)12-5-8-14(9-6-12)26-18(24)25-4-2/h3-11H,1-2H2. The molecule has 0 amide bonds. The molecule has 0 saturated carbocycles. The number of rotatable bonds is 5. The highest BCUT2D eigenvalue weighted by molar-refractivity contribution is 5.84. The van der Waals surface area contributed by atoms with Gasteiger partial charge in [0, 0.05) is 6.08 Å². The summed E-state index contributed by atoms with van der Waals surface area (Å²) in [7, 11) is 0. The molecule has 2 rings (SSSR count). The second-order valence-electron chi connectivity index (χ2n) is 4.99. The Hall–Kier alpha value is -3.55. The molecule has 0 bridgehead atoms. The van der Waals surface area contributed by atoms with E-state index in [1.54, 1.807) is 0 Å². The van der Waals surface area contributed by atoms with Crippen molar-refractivity contribution in [2.45, 2.75) is 6.18 Å². The van der Waals surface area contributed by atoms with Gasteiger partial charge < -0.3 is 14.2 Å². The van der Waals surface area contributed by atoms with E-state index in [1.807, 2.05) is 0 Å². The minimum atomic E-state index is -4.73. The highest BCUT2D eigenvalue weighted by atomic mass is 19.4. The average molecular weight is 378 g/mol. The lowest BCUT2D eigenvalue weighted by molar-refractivity contribution is -0.140. The van der Waals surface area contributed by atoms with Crippen LogP contribution < -0.4 is 9.47 Å². The van der Waals surface area contributed by atoms with Crippen molar-refractivity contribution in [2.75, 3.05) is 0 Å². The molecular formula is C19H13F3O5. The topological polar surface area (TPSA) is 61.8 Å². The van der Waals surface area contributed by atoms with Crippen molar-refractivity contribution < 1.29 is 37.0 Å². The fourth-order valence-corrected chi connectivity index (χ4v) is 2.07. The van der Waals surface area contributed by atoms with Crippen LogP contribution in [-0.2, 0) is 15.7 Å². The van der Waals surface area contributed by atoms with E-state index in [-0.39, 0.29) is 11.3 Å². The number of carbonyl (C=O) groups excluding carboxylic acids is 2. The van der Waals surface area contributed by atoms with Crippen molar-refractivity contribution in [2.24, 2.45) is 0 Å². The zero-order valence-corrected chi connectivity index (χ0v) is 13.8. The Labute approximate surface area is 152 Å². The summed E-state index contributed by atoms with van der Waals surface area (Å²) in [6.45, 7) is 6.35. The maximum Gasteiger partial charge on any atom is 0.518 e. The fourth-order valence-electron chi connectivity index (χ4n) is 2.07. The summed E-state index contributed by atoms with van der Waals surface area (Å²) in [6.07, 6.45) is -4.06. The summed E-state index contributed by atoms with van der Waals surface area (Å²) in [5.74, 6) is -1.48. The lowest BCUT2D eigenvalue weighted by Crippen LogP contribution is -2.12. The van der Waals surface area contributed by atoms with E-state index < -0.39 is 29.6 Å². The average Bonchev–Trinajstić information content (AvgIpc) is 2.62. The maximum absolute atomic E-state index is 13.3. The van der Waals surface area contributed by atoms with Gasteiger partial charge in [0.25, 0.3) is 0 Å². The van der Waals surface area contributed by atoms with Gasteiger partial charge in [-0.25, -0.2) is 9.59 Å². The SMILES string of the molecule is C=COC(=O)Oc1ccc(-c2ccc(OC(=O)C=C)c(C(F)(F)F)c2)cc1. The number of ether oxygens (including phenoxy) is 3. The van der Waals surface area contributed by atoms with E-state index in [9.17, 15) is 22.8 Å². The minimum absolute atomic E-state index is 0.137. The molecule has 8 heteroatoms. The van der Waals surface area contributed by atoms with Crippen molar-refractivity contribution in [3.63, 3.8) is 0 Å². The number of hydrogen-bond acceptors (Lipinski definition) is 5. The smallest absolute Gasteiger partial charge is 0.423 e. The number of carbonyl (C=O) groups is 2. The molecule has 2 aromatic rings. The molecule has 0 aliphatic heterocycles. The summed E-state index contributed by atoms with van der Waals surface area (Å²) in [5, 5.41) is 0.